The van der Waals surface area contributed by atoms with E-state index in [0.29, 0.717) is 24.2 Å². The Morgan fingerprint density at radius 1 is 1.11 bits per heavy atom. The monoisotopic (exact) mass is 406 g/mol. The Morgan fingerprint density at radius 3 is 2.25 bits per heavy atom. The van der Waals surface area contributed by atoms with Crippen LogP contribution in [0.15, 0.2) is 30.3 Å². The molecule has 154 valence electrons. The molecule has 0 saturated carbocycles. The Hall–Kier alpha value is -1.64. The van der Waals surface area contributed by atoms with Crippen LogP contribution in [-0.4, -0.2) is 22.3 Å². The van der Waals surface area contributed by atoms with E-state index in [0.717, 1.165) is 27.8 Å². The van der Waals surface area contributed by atoms with E-state index in [1.165, 1.54) is 0 Å². The van der Waals surface area contributed by atoms with Crippen LogP contribution in [0.2, 0.25) is 0 Å². The lowest BCUT2D eigenvalue weighted by atomic mass is 9.91. The fourth-order valence-corrected chi connectivity index (χ4v) is 5.26. The fourth-order valence-electron chi connectivity index (χ4n) is 3.66. The summed E-state index contributed by atoms with van der Waals surface area (Å²) >= 11 is 0. The Morgan fingerprint density at radius 2 is 1.71 bits per heavy atom. The van der Waals surface area contributed by atoms with Gasteiger partial charge in [0.1, 0.15) is 11.9 Å². The van der Waals surface area contributed by atoms with Crippen LogP contribution in [-0.2, 0) is 11.0 Å². The van der Waals surface area contributed by atoms with E-state index in [-0.39, 0.29) is 18.2 Å². The number of hydrogen-bond donors (Lipinski definition) is 2. The van der Waals surface area contributed by atoms with Gasteiger partial charge in [0.15, 0.2) is 0 Å². The lowest BCUT2D eigenvalue weighted by molar-refractivity contribution is 0.361. The third kappa shape index (κ3) is 5.68. The number of aromatic hydroxyl groups is 1. The molecule has 2 aromatic carbocycles. The van der Waals surface area contributed by atoms with Gasteiger partial charge in [0.25, 0.3) is 0 Å². The van der Waals surface area contributed by atoms with Gasteiger partial charge in [-0.15, -0.1) is 0 Å². The molecule has 0 bridgehead atoms. The lowest BCUT2D eigenvalue weighted by Gasteiger charge is -2.18. The summed E-state index contributed by atoms with van der Waals surface area (Å²) < 4.78 is 26.8. The molecule has 0 radical (unpaired) electrons. The molecule has 0 aromatic heterocycles. The second kappa shape index (κ2) is 9.24. The molecule has 0 heterocycles. The molecule has 0 spiro atoms. The predicted molar refractivity (Wildman–Crippen MR) is 115 cm³/mol. The first-order chi connectivity index (χ1) is 13.0. The summed E-state index contributed by atoms with van der Waals surface area (Å²) in [6.07, 6.45) is -0.335. The van der Waals surface area contributed by atoms with Gasteiger partial charge in [-0.1, -0.05) is 45.0 Å². The average Bonchev–Trinajstić information content (AvgIpc) is 2.58. The molecule has 2 rings (SSSR count). The van der Waals surface area contributed by atoms with Crippen molar-refractivity contribution in [2.75, 3.05) is 12.3 Å². The number of benzene rings is 2. The molecule has 2 unspecified atom stereocenters. The molecule has 0 fully saturated rings. The first kappa shape index (κ1) is 22.6. The Balaban J connectivity index is 2.27. The minimum Gasteiger partial charge on any atom is -0.508 e. The van der Waals surface area contributed by atoms with Crippen molar-refractivity contribution in [1.82, 2.24) is 0 Å². The van der Waals surface area contributed by atoms with E-state index in [1.807, 2.05) is 46.8 Å². The SMILES string of the molecule is CCCP(=O)(O)CC(F)c1cc(C)c(Cc2ccc(O)c(C(C)C)c2)c(C)c1. The van der Waals surface area contributed by atoms with Gasteiger partial charge in [0.05, 0.1) is 6.16 Å². The van der Waals surface area contributed by atoms with Gasteiger partial charge in [-0.25, -0.2) is 4.39 Å². The van der Waals surface area contributed by atoms with Crippen molar-refractivity contribution in [3.63, 3.8) is 0 Å². The normalized spacial score (nSPS) is 14.9. The number of halogens is 1. The van der Waals surface area contributed by atoms with E-state index < -0.39 is 13.5 Å². The maximum atomic E-state index is 14.7. The summed E-state index contributed by atoms with van der Waals surface area (Å²) in [6, 6.07) is 9.26. The summed E-state index contributed by atoms with van der Waals surface area (Å²) in [4.78, 5) is 9.92. The number of alkyl halides is 1. The molecule has 0 saturated heterocycles. The van der Waals surface area contributed by atoms with Crippen LogP contribution in [0.25, 0.3) is 0 Å². The third-order valence-electron chi connectivity index (χ3n) is 5.19. The molecule has 0 aliphatic heterocycles. The topological polar surface area (TPSA) is 57.5 Å². The summed E-state index contributed by atoms with van der Waals surface area (Å²) in [5.41, 5.74) is 5.55. The van der Waals surface area contributed by atoms with Crippen molar-refractivity contribution in [1.29, 1.82) is 0 Å². The van der Waals surface area contributed by atoms with Crippen LogP contribution in [0.5, 0.6) is 5.75 Å². The van der Waals surface area contributed by atoms with E-state index in [2.05, 4.69) is 0 Å². The van der Waals surface area contributed by atoms with Gasteiger partial charge >= 0.3 is 0 Å². The van der Waals surface area contributed by atoms with Gasteiger partial charge in [-0.3, -0.25) is 4.57 Å². The smallest absolute Gasteiger partial charge is 0.203 e. The Bertz CT molecular complexity index is 853. The van der Waals surface area contributed by atoms with Gasteiger partial charge in [-0.05, 0) is 72.1 Å². The summed E-state index contributed by atoms with van der Waals surface area (Å²) in [6.45, 7) is 9.82. The first-order valence-electron chi connectivity index (χ1n) is 9.90. The molecule has 28 heavy (non-hydrogen) atoms. The minimum absolute atomic E-state index is 0.155. The highest BCUT2D eigenvalue weighted by molar-refractivity contribution is 7.58. The van der Waals surface area contributed by atoms with Crippen molar-refractivity contribution in [3.8, 4) is 5.75 Å². The molecular formula is C23H32FO3P. The van der Waals surface area contributed by atoms with E-state index >= 15 is 0 Å². The van der Waals surface area contributed by atoms with Crippen LogP contribution < -0.4 is 0 Å². The summed E-state index contributed by atoms with van der Waals surface area (Å²) in [7, 11) is -3.43. The molecule has 0 aliphatic rings. The average molecular weight is 406 g/mol. The van der Waals surface area contributed by atoms with Crippen LogP contribution in [0.3, 0.4) is 0 Å². The van der Waals surface area contributed by atoms with Gasteiger partial charge < -0.3 is 10.00 Å². The van der Waals surface area contributed by atoms with Gasteiger partial charge in [0.2, 0.25) is 7.37 Å². The Kier molecular flexibility index (Phi) is 7.47. The number of hydrogen-bond acceptors (Lipinski definition) is 2. The highest BCUT2D eigenvalue weighted by Crippen LogP contribution is 2.46. The van der Waals surface area contributed by atoms with Gasteiger partial charge in [0, 0.05) is 6.16 Å². The van der Waals surface area contributed by atoms with Crippen LogP contribution in [0, 0.1) is 13.8 Å². The third-order valence-corrected chi connectivity index (χ3v) is 7.23. The second-order valence-corrected chi connectivity index (χ2v) is 10.6. The van der Waals surface area contributed by atoms with Crippen LogP contribution in [0.1, 0.15) is 72.7 Å². The maximum absolute atomic E-state index is 14.7. The quantitative estimate of drug-likeness (QED) is 0.498. The molecule has 0 amide bonds. The molecule has 3 nitrogen and oxygen atoms in total. The van der Waals surface area contributed by atoms with E-state index in [4.69, 9.17) is 0 Å². The number of rotatable bonds is 8. The van der Waals surface area contributed by atoms with Crippen molar-refractivity contribution >= 4 is 7.37 Å². The van der Waals surface area contributed by atoms with E-state index in [9.17, 15) is 19.0 Å². The summed E-state index contributed by atoms with van der Waals surface area (Å²) in [5.74, 6) is 0.539. The van der Waals surface area contributed by atoms with E-state index in [1.54, 1.807) is 18.2 Å². The lowest BCUT2D eigenvalue weighted by Crippen LogP contribution is -2.05. The predicted octanol–water partition coefficient (Wildman–Crippen LogP) is 6.41. The highest BCUT2D eigenvalue weighted by Gasteiger charge is 2.25. The zero-order chi connectivity index (χ0) is 21.1. The largest absolute Gasteiger partial charge is 0.508 e. The standard InChI is InChI=1S/C23H32FO3P/c1-6-9-28(26,27)14-22(24)19-10-16(4)21(17(5)11-19)13-18-7-8-23(25)20(12-18)15(2)3/h7-8,10-12,15,22,25H,6,9,13-14H2,1-5H3,(H,26,27). The van der Waals surface area contributed by atoms with Crippen LogP contribution in [0.4, 0.5) is 4.39 Å². The van der Waals surface area contributed by atoms with Crippen molar-refractivity contribution in [2.45, 2.75) is 59.5 Å². The zero-order valence-corrected chi connectivity index (χ0v) is 18.4. The second-order valence-electron chi connectivity index (χ2n) is 8.08. The van der Waals surface area contributed by atoms with Crippen LogP contribution >= 0.6 is 7.37 Å². The number of phenols is 1. The van der Waals surface area contributed by atoms with Crippen molar-refractivity contribution < 1.29 is 19.0 Å². The molecule has 2 N–H and O–H groups in total. The van der Waals surface area contributed by atoms with Gasteiger partial charge in [-0.2, -0.15) is 0 Å². The fraction of sp³-hybridized carbons (Fsp3) is 0.478. The number of aryl methyl sites for hydroxylation is 2. The minimum atomic E-state index is -3.43. The molecule has 0 aliphatic carbocycles. The van der Waals surface area contributed by atoms with Crippen molar-refractivity contribution in [3.05, 3.63) is 63.7 Å². The van der Waals surface area contributed by atoms with Crippen molar-refractivity contribution in [2.24, 2.45) is 0 Å². The first-order valence-corrected chi connectivity index (χ1v) is 11.9. The maximum Gasteiger partial charge on any atom is 0.203 e. The Labute approximate surface area is 168 Å². The summed E-state index contributed by atoms with van der Waals surface area (Å²) in [5, 5.41) is 10.0. The molecule has 2 atom stereocenters. The number of phenolic OH excluding ortho intramolecular Hbond substituents is 1. The highest BCUT2D eigenvalue weighted by atomic mass is 31.2. The zero-order valence-electron chi connectivity index (χ0n) is 17.5. The molecular weight excluding hydrogens is 374 g/mol. The molecule has 5 heteroatoms. The molecule has 2 aromatic rings.